The van der Waals surface area contributed by atoms with Crippen molar-refractivity contribution in [2.24, 2.45) is 0 Å². The Hall–Kier alpha value is -3.69. The molecule has 38 heavy (non-hydrogen) atoms. The summed E-state index contributed by atoms with van der Waals surface area (Å²) in [6, 6.07) is 13.2. The van der Waals surface area contributed by atoms with Crippen LogP contribution in [0.3, 0.4) is 0 Å². The van der Waals surface area contributed by atoms with Crippen molar-refractivity contribution in [3.05, 3.63) is 65.9 Å². The molecule has 0 radical (unpaired) electrons. The molecule has 0 bridgehead atoms. The second kappa shape index (κ2) is 9.89. The summed E-state index contributed by atoms with van der Waals surface area (Å²) in [6.45, 7) is 12.4. The van der Waals surface area contributed by atoms with Crippen LogP contribution in [-0.4, -0.2) is 88.3 Å². The Labute approximate surface area is 224 Å². The fourth-order valence-electron chi connectivity index (χ4n) is 5.58. The summed E-state index contributed by atoms with van der Waals surface area (Å²) in [5.74, 6) is 2.11. The third-order valence-electron chi connectivity index (χ3n) is 8.07. The summed E-state index contributed by atoms with van der Waals surface area (Å²) in [5.41, 5.74) is 12.8. The van der Waals surface area contributed by atoms with Gasteiger partial charge in [-0.2, -0.15) is 9.97 Å². The maximum absolute atomic E-state index is 9.59. The molecular formula is C29H36N8O. The number of fused-ring (bicyclic) bond motifs is 1. The van der Waals surface area contributed by atoms with Crippen LogP contribution in [0, 0.1) is 0 Å². The molecule has 0 saturated carbocycles. The number of nitrogens with zero attached hydrogens (tertiary/aromatic N) is 7. The largest absolute Gasteiger partial charge is 0.389 e. The van der Waals surface area contributed by atoms with Gasteiger partial charge in [0.15, 0.2) is 0 Å². The lowest BCUT2D eigenvalue weighted by molar-refractivity contribution is 0.0404. The first-order chi connectivity index (χ1) is 18.3. The lowest BCUT2D eigenvalue weighted by Crippen LogP contribution is -2.48. The molecule has 3 aliphatic rings. The van der Waals surface area contributed by atoms with Crippen LogP contribution in [0.4, 0.5) is 17.6 Å². The van der Waals surface area contributed by atoms with Crippen LogP contribution in [0.1, 0.15) is 23.6 Å². The summed E-state index contributed by atoms with van der Waals surface area (Å²) >= 11 is 0. The normalized spacial score (nSPS) is 20.3. The van der Waals surface area contributed by atoms with E-state index in [0.29, 0.717) is 25.1 Å². The molecule has 5 heterocycles. The zero-order valence-corrected chi connectivity index (χ0v) is 22.2. The predicted molar refractivity (Wildman–Crippen MR) is 152 cm³/mol. The first-order valence-corrected chi connectivity index (χ1v) is 13.4. The number of hydrogen-bond acceptors (Lipinski definition) is 9. The molecule has 6 rings (SSSR count). The summed E-state index contributed by atoms with van der Waals surface area (Å²) < 4.78 is 0. The fourth-order valence-corrected chi connectivity index (χ4v) is 5.58. The van der Waals surface area contributed by atoms with Crippen LogP contribution in [0.25, 0.3) is 17.0 Å². The van der Waals surface area contributed by atoms with Gasteiger partial charge in [-0.3, -0.25) is 4.98 Å². The minimum absolute atomic E-state index is 0.256. The number of likely N-dealkylation sites (tertiary alicyclic amines) is 1. The molecule has 0 aliphatic carbocycles. The van der Waals surface area contributed by atoms with Gasteiger partial charge in [0.2, 0.25) is 5.95 Å². The van der Waals surface area contributed by atoms with Gasteiger partial charge in [-0.05, 0) is 49.7 Å². The number of β-amino-alcohol motifs (C(OH)–C–C–N with tert-alkyl or cyclic N) is 1. The number of rotatable bonds is 5. The average molecular weight is 513 g/mol. The summed E-state index contributed by atoms with van der Waals surface area (Å²) in [4.78, 5) is 23.0. The summed E-state index contributed by atoms with van der Waals surface area (Å²) in [7, 11) is 2.15. The van der Waals surface area contributed by atoms with E-state index in [1.807, 2.05) is 6.20 Å². The van der Waals surface area contributed by atoms with Gasteiger partial charge in [0, 0.05) is 80.9 Å². The highest BCUT2D eigenvalue weighted by Crippen LogP contribution is 2.32. The maximum Gasteiger partial charge on any atom is 0.223 e. The Morgan fingerprint density at radius 2 is 1.76 bits per heavy atom. The number of nitrogens with two attached hydrogens (primary N) is 1. The number of pyridine rings is 1. The molecule has 9 heteroatoms. The Balaban J connectivity index is 1.22. The van der Waals surface area contributed by atoms with Crippen molar-refractivity contribution in [1.29, 1.82) is 0 Å². The third kappa shape index (κ3) is 4.79. The zero-order valence-electron chi connectivity index (χ0n) is 22.2. The van der Waals surface area contributed by atoms with Gasteiger partial charge in [0.1, 0.15) is 11.6 Å². The molecule has 0 spiro atoms. The smallest absolute Gasteiger partial charge is 0.223 e. The molecule has 2 fully saturated rings. The van der Waals surface area contributed by atoms with E-state index in [2.05, 4.69) is 86.5 Å². The van der Waals surface area contributed by atoms with E-state index in [-0.39, 0.29) is 6.10 Å². The van der Waals surface area contributed by atoms with Crippen LogP contribution in [0.2, 0.25) is 0 Å². The molecule has 2 aromatic heterocycles. The molecule has 2 saturated heterocycles. The molecule has 198 valence electrons. The highest BCUT2D eigenvalue weighted by Gasteiger charge is 2.27. The molecule has 9 nitrogen and oxygen atoms in total. The van der Waals surface area contributed by atoms with Crippen LogP contribution in [-0.2, 0) is 13.0 Å². The Morgan fingerprint density at radius 1 is 1.00 bits per heavy atom. The Kier molecular flexibility index (Phi) is 6.41. The lowest BCUT2D eigenvalue weighted by Gasteiger charge is -2.39. The predicted octanol–water partition coefficient (Wildman–Crippen LogP) is 2.47. The molecule has 3 aromatic rings. The van der Waals surface area contributed by atoms with Gasteiger partial charge < -0.3 is 30.4 Å². The number of piperazine rings is 1. The van der Waals surface area contributed by atoms with Crippen molar-refractivity contribution in [2.75, 3.05) is 61.8 Å². The van der Waals surface area contributed by atoms with Crippen molar-refractivity contribution >= 4 is 23.3 Å². The van der Waals surface area contributed by atoms with Gasteiger partial charge in [-0.15, -0.1) is 0 Å². The standard InChI is InChI=1S/C29H36N8O/c1-19-12-21-4-5-22(26-7-6-23(15-31-26)20(2)36-17-25(38)18-36)13-24(21)16-37(19)28-14-27(32-29(30)33-28)35-10-8-34(3)9-11-35/h4-7,13-15,19,25,38H,2,8-12,16-18H2,1,3H3,(H2,30,32,33). The topological polar surface area (TPSA) is 97.9 Å². The molecule has 0 amide bonds. The molecule has 1 unspecified atom stereocenters. The first kappa shape index (κ1) is 24.6. The van der Waals surface area contributed by atoms with Crippen LogP contribution < -0.4 is 15.5 Å². The monoisotopic (exact) mass is 512 g/mol. The van der Waals surface area contributed by atoms with Crippen molar-refractivity contribution in [3.8, 4) is 11.3 Å². The van der Waals surface area contributed by atoms with Crippen molar-refractivity contribution in [2.45, 2.75) is 32.0 Å². The van der Waals surface area contributed by atoms with Gasteiger partial charge in [-0.1, -0.05) is 18.7 Å². The number of likely N-dealkylation sites (N-methyl/N-ethyl adjacent to an activating group) is 1. The number of benzene rings is 1. The van der Waals surface area contributed by atoms with E-state index in [4.69, 9.17) is 10.7 Å². The van der Waals surface area contributed by atoms with Gasteiger partial charge in [-0.25, -0.2) is 0 Å². The minimum atomic E-state index is -0.256. The van der Waals surface area contributed by atoms with E-state index in [9.17, 15) is 5.11 Å². The highest BCUT2D eigenvalue weighted by atomic mass is 16.3. The van der Waals surface area contributed by atoms with Gasteiger partial charge in [0.25, 0.3) is 0 Å². The number of nitrogen functional groups attached to an aromatic ring is 1. The Bertz CT molecular complexity index is 1330. The number of aromatic nitrogens is 3. The third-order valence-corrected chi connectivity index (χ3v) is 8.07. The number of aliphatic hydroxyl groups is 1. The number of hydrogen-bond donors (Lipinski definition) is 2. The van der Waals surface area contributed by atoms with E-state index < -0.39 is 0 Å². The van der Waals surface area contributed by atoms with Crippen LogP contribution in [0.5, 0.6) is 0 Å². The number of anilines is 3. The summed E-state index contributed by atoms with van der Waals surface area (Å²) in [6.07, 6.45) is 2.56. The zero-order chi connectivity index (χ0) is 26.4. The quantitative estimate of drug-likeness (QED) is 0.534. The van der Waals surface area contributed by atoms with E-state index in [0.717, 1.165) is 73.3 Å². The molecule has 3 N–H and O–H groups in total. The van der Waals surface area contributed by atoms with Crippen molar-refractivity contribution in [1.82, 2.24) is 24.8 Å². The SMILES string of the molecule is C=C(c1ccc(-c2ccc3c(c2)CN(c2cc(N4CCN(C)CC4)nc(N)n2)C(C)C3)nc1)N1CC(O)C1. The number of aliphatic hydroxyl groups excluding tert-OH is 1. The second-order valence-corrected chi connectivity index (χ2v) is 10.8. The lowest BCUT2D eigenvalue weighted by atomic mass is 9.92. The Morgan fingerprint density at radius 3 is 2.47 bits per heavy atom. The van der Waals surface area contributed by atoms with Gasteiger partial charge in [0.05, 0.1) is 11.8 Å². The van der Waals surface area contributed by atoms with Crippen LogP contribution >= 0.6 is 0 Å². The van der Waals surface area contributed by atoms with E-state index in [1.165, 1.54) is 11.1 Å². The van der Waals surface area contributed by atoms with Gasteiger partial charge >= 0.3 is 0 Å². The van der Waals surface area contributed by atoms with E-state index >= 15 is 0 Å². The molecule has 3 aliphatic heterocycles. The van der Waals surface area contributed by atoms with Crippen molar-refractivity contribution < 1.29 is 5.11 Å². The van der Waals surface area contributed by atoms with Crippen molar-refractivity contribution in [3.63, 3.8) is 0 Å². The first-order valence-electron chi connectivity index (χ1n) is 13.4. The summed E-state index contributed by atoms with van der Waals surface area (Å²) in [5, 5.41) is 9.59. The molecule has 1 atom stereocenters. The maximum atomic E-state index is 9.59. The average Bonchev–Trinajstić information content (AvgIpc) is 2.90. The highest BCUT2D eigenvalue weighted by molar-refractivity contribution is 5.67. The van der Waals surface area contributed by atoms with E-state index in [1.54, 1.807) is 0 Å². The fraction of sp³-hybridized carbons (Fsp3) is 0.414. The second-order valence-electron chi connectivity index (χ2n) is 10.8. The minimum Gasteiger partial charge on any atom is -0.389 e. The molecule has 1 aromatic carbocycles. The van der Waals surface area contributed by atoms with Crippen LogP contribution in [0.15, 0.2) is 49.2 Å². The molecular weight excluding hydrogens is 476 g/mol.